The van der Waals surface area contributed by atoms with Crippen LogP contribution in [0.5, 0.6) is 0 Å². The molecule has 0 saturated carbocycles. The topological polar surface area (TPSA) is 77.9 Å². The molecule has 1 saturated heterocycles. The van der Waals surface area contributed by atoms with E-state index >= 15 is 0 Å². The minimum atomic E-state index is -3.60. The number of hydrogen-bond donors (Lipinski definition) is 1. The molecule has 0 aromatic carbocycles. The number of rotatable bonds is 6. The third-order valence-electron chi connectivity index (χ3n) is 3.80. The third-order valence-corrected chi connectivity index (χ3v) is 5.76. The van der Waals surface area contributed by atoms with E-state index in [1.807, 2.05) is 0 Å². The molecule has 1 aliphatic heterocycles. The second kappa shape index (κ2) is 7.56. The Morgan fingerprint density at radius 1 is 1.29 bits per heavy atom. The van der Waals surface area contributed by atoms with Gasteiger partial charge in [-0.15, -0.1) is 0 Å². The normalized spacial score (nSPS) is 23.9. The molecule has 1 amide bonds. The summed E-state index contributed by atoms with van der Waals surface area (Å²) in [7, 11) is -3.60. The van der Waals surface area contributed by atoms with Gasteiger partial charge in [-0.2, -0.15) is 4.31 Å². The smallest absolute Gasteiger partial charge is 0.237 e. The summed E-state index contributed by atoms with van der Waals surface area (Å²) in [6.45, 7) is 8.51. The molecule has 2 unspecified atom stereocenters. The van der Waals surface area contributed by atoms with Gasteiger partial charge in [-0.3, -0.25) is 4.79 Å². The van der Waals surface area contributed by atoms with Crippen LogP contribution in [0.4, 0.5) is 0 Å². The van der Waals surface area contributed by atoms with E-state index in [9.17, 15) is 13.2 Å². The summed E-state index contributed by atoms with van der Waals surface area (Å²) < 4.78 is 25.4. The van der Waals surface area contributed by atoms with Gasteiger partial charge in [0.25, 0.3) is 0 Å². The van der Waals surface area contributed by atoms with Gasteiger partial charge in [0.05, 0.1) is 18.9 Å². The van der Waals surface area contributed by atoms with Crippen LogP contribution in [0.25, 0.3) is 0 Å². The average molecular weight is 320 g/mol. The molecule has 0 aromatic rings. The molecule has 0 aliphatic carbocycles. The van der Waals surface area contributed by atoms with Crippen molar-refractivity contribution in [3.63, 3.8) is 0 Å². The van der Waals surface area contributed by atoms with Crippen LogP contribution in [0, 0.1) is 11.8 Å². The van der Waals surface area contributed by atoms with Gasteiger partial charge < -0.3 is 10.0 Å². The van der Waals surface area contributed by atoms with E-state index < -0.39 is 16.6 Å². The lowest BCUT2D eigenvalue weighted by molar-refractivity contribution is -0.134. The molecular formula is C14H28N2O4S. The van der Waals surface area contributed by atoms with Crippen molar-refractivity contribution in [3.05, 3.63) is 0 Å². The molecule has 1 N–H and O–H groups in total. The second-order valence-corrected chi connectivity index (χ2v) is 8.46. The van der Waals surface area contributed by atoms with Crippen molar-refractivity contribution in [3.8, 4) is 0 Å². The van der Waals surface area contributed by atoms with Crippen molar-refractivity contribution in [2.24, 2.45) is 11.8 Å². The Morgan fingerprint density at radius 3 is 2.24 bits per heavy atom. The molecule has 7 heteroatoms. The molecular weight excluding hydrogens is 292 g/mol. The van der Waals surface area contributed by atoms with Gasteiger partial charge in [-0.05, 0) is 32.1 Å². The van der Waals surface area contributed by atoms with Crippen LogP contribution in [0.15, 0.2) is 0 Å². The number of aliphatic hydroxyl groups excluding tert-OH is 1. The van der Waals surface area contributed by atoms with Crippen molar-refractivity contribution in [1.82, 2.24) is 9.21 Å². The molecule has 0 spiro atoms. The molecule has 1 aliphatic rings. The number of amides is 1. The fraction of sp³-hybridized carbons (Fsp3) is 0.929. The summed E-state index contributed by atoms with van der Waals surface area (Å²) in [5, 5.41) is 8.88. The fourth-order valence-corrected chi connectivity index (χ4v) is 4.35. The van der Waals surface area contributed by atoms with Gasteiger partial charge in [-0.25, -0.2) is 8.42 Å². The van der Waals surface area contributed by atoms with Gasteiger partial charge in [0.2, 0.25) is 15.9 Å². The number of carbonyl (C=O) groups is 1. The monoisotopic (exact) mass is 320 g/mol. The Morgan fingerprint density at radius 2 is 1.81 bits per heavy atom. The van der Waals surface area contributed by atoms with Crippen molar-refractivity contribution in [2.45, 2.75) is 40.2 Å². The number of aliphatic hydroxyl groups is 1. The Bertz CT molecular complexity index is 440. The van der Waals surface area contributed by atoms with E-state index in [1.165, 1.54) is 4.31 Å². The molecule has 21 heavy (non-hydrogen) atoms. The second-order valence-electron chi connectivity index (χ2n) is 6.42. The highest BCUT2D eigenvalue weighted by molar-refractivity contribution is 7.89. The lowest BCUT2D eigenvalue weighted by atomic mass is 9.92. The van der Waals surface area contributed by atoms with Gasteiger partial charge in [0, 0.05) is 19.1 Å². The summed E-state index contributed by atoms with van der Waals surface area (Å²) in [4.78, 5) is 14.2. The molecule has 1 fully saturated rings. The van der Waals surface area contributed by atoms with Crippen molar-refractivity contribution in [2.75, 3.05) is 32.0 Å². The van der Waals surface area contributed by atoms with Crippen LogP contribution in [0.2, 0.25) is 0 Å². The van der Waals surface area contributed by atoms with Crippen molar-refractivity contribution >= 4 is 15.9 Å². The van der Waals surface area contributed by atoms with Gasteiger partial charge in [-0.1, -0.05) is 13.8 Å². The SMILES string of the molecule is CC1CC(C)CN(C(=O)CN(C(C)C)S(=O)(=O)CCO)C1. The highest BCUT2D eigenvalue weighted by Gasteiger charge is 2.31. The maximum Gasteiger partial charge on any atom is 0.237 e. The standard InChI is InChI=1S/C14H28N2O4S/c1-11(2)16(21(19,20)6-5-17)10-14(18)15-8-12(3)7-13(4)9-15/h11-13,17H,5-10H2,1-4H3. The molecule has 1 rings (SSSR count). The first kappa shape index (κ1) is 18.4. The minimum Gasteiger partial charge on any atom is -0.395 e. The van der Waals surface area contributed by atoms with Crippen LogP contribution in [0.3, 0.4) is 0 Å². The molecule has 2 atom stereocenters. The van der Waals surface area contributed by atoms with Gasteiger partial charge in [0.1, 0.15) is 0 Å². The summed E-state index contributed by atoms with van der Waals surface area (Å²) >= 11 is 0. The zero-order valence-corrected chi connectivity index (χ0v) is 14.3. The van der Waals surface area contributed by atoms with E-state index in [4.69, 9.17) is 5.11 Å². The number of carbonyl (C=O) groups excluding carboxylic acids is 1. The van der Waals surface area contributed by atoms with Crippen LogP contribution < -0.4 is 0 Å². The first-order valence-electron chi connectivity index (χ1n) is 7.55. The predicted octanol–water partition coefficient (Wildman–Crippen LogP) is 0.523. The van der Waals surface area contributed by atoms with E-state index in [0.29, 0.717) is 24.9 Å². The third kappa shape index (κ3) is 5.23. The van der Waals surface area contributed by atoms with Crippen LogP contribution >= 0.6 is 0 Å². The quantitative estimate of drug-likeness (QED) is 0.774. The van der Waals surface area contributed by atoms with E-state index in [2.05, 4.69) is 13.8 Å². The first-order valence-corrected chi connectivity index (χ1v) is 9.16. The number of nitrogens with zero attached hydrogens (tertiary/aromatic N) is 2. The van der Waals surface area contributed by atoms with Crippen LogP contribution in [-0.4, -0.2) is 66.7 Å². The van der Waals surface area contributed by atoms with E-state index in [1.54, 1.807) is 18.7 Å². The van der Waals surface area contributed by atoms with Gasteiger partial charge >= 0.3 is 0 Å². The van der Waals surface area contributed by atoms with Crippen molar-refractivity contribution < 1.29 is 18.3 Å². The molecule has 0 aromatic heterocycles. The lowest BCUT2D eigenvalue weighted by Crippen LogP contribution is -2.50. The number of sulfonamides is 1. The largest absolute Gasteiger partial charge is 0.395 e. The summed E-state index contributed by atoms with van der Waals surface area (Å²) in [6, 6.07) is -0.301. The number of hydrogen-bond acceptors (Lipinski definition) is 4. The zero-order valence-electron chi connectivity index (χ0n) is 13.4. The lowest BCUT2D eigenvalue weighted by Gasteiger charge is -2.36. The van der Waals surface area contributed by atoms with Crippen LogP contribution in [0.1, 0.15) is 34.1 Å². The first-order chi connectivity index (χ1) is 9.67. The number of piperidine rings is 1. The Balaban J connectivity index is 2.77. The maximum atomic E-state index is 12.4. The zero-order chi connectivity index (χ0) is 16.2. The molecule has 124 valence electrons. The Labute approximate surface area is 128 Å². The Hall–Kier alpha value is -0.660. The average Bonchev–Trinajstić information content (AvgIpc) is 2.33. The highest BCUT2D eigenvalue weighted by Crippen LogP contribution is 2.21. The van der Waals surface area contributed by atoms with Crippen LogP contribution in [-0.2, 0) is 14.8 Å². The predicted molar refractivity (Wildman–Crippen MR) is 82.2 cm³/mol. The molecule has 1 heterocycles. The van der Waals surface area contributed by atoms with Crippen molar-refractivity contribution in [1.29, 1.82) is 0 Å². The molecule has 0 bridgehead atoms. The van der Waals surface area contributed by atoms with E-state index in [-0.39, 0.29) is 24.2 Å². The minimum absolute atomic E-state index is 0.139. The molecule has 6 nitrogen and oxygen atoms in total. The number of likely N-dealkylation sites (tertiary alicyclic amines) is 1. The van der Waals surface area contributed by atoms with Gasteiger partial charge in [0.15, 0.2) is 0 Å². The van der Waals surface area contributed by atoms with E-state index in [0.717, 1.165) is 6.42 Å². The maximum absolute atomic E-state index is 12.4. The fourth-order valence-electron chi connectivity index (χ4n) is 2.93. The molecule has 0 radical (unpaired) electrons. The summed E-state index contributed by atoms with van der Waals surface area (Å²) in [5.41, 5.74) is 0. The summed E-state index contributed by atoms with van der Waals surface area (Å²) in [5.74, 6) is 0.396. The highest BCUT2D eigenvalue weighted by atomic mass is 32.2. The Kier molecular flexibility index (Phi) is 6.62. The summed E-state index contributed by atoms with van der Waals surface area (Å²) in [6.07, 6.45) is 1.10.